The summed E-state index contributed by atoms with van der Waals surface area (Å²) in [6.07, 6.45) is 0. The Morgan fingerprint density at radius 1 is 0.850 bits per heavy atom. The molecule has 0 heterocycles. The van der Waals surface area contributed by atoms with Crippen molar-refractivity contribution in [1.29, 1.82) is 0 Å². The summed E-state index contributed by atoms with van der Waals surface area (Å²) < 4.78 is 6.07. The first kappa shape index (κ1) is 15.1. The zero-order valence-electron chi connectivity index (χ0n) is 12.2. The molecule has 106 valence electrons. The molecule has 1 nitrogen and oxygen atoms in total. The summed E-state index contributed by atoms with van der Waals surface area (Å²) in [5, 5.41) is 0. The summed E-state index contributed by atoms with van der Waals surface area (Å²) in [4.78, 5) is 0. The lowest BCUT2D eigenvalue weighted by Crippen LogP contribution is -2.16. The van der Waals surface area contributed by atoms with E-state index < -0.39 is 0 Å². The standard InChI is InChI=1S/C18H22OS/c1-15(2)18(19-13-16-9-5-3-6-10-16)20-14-17-11-7-4-8-12-17/h3-12,15,18H,13-14H2,1-2H3. The second kappa shape index (κ2) is 8.13. The minimum atomic E-state index is 0.232. The Labute approximate surface area is 126 Å². The van der Waals surface area contributed by atoms with Gasteiger partial charge in [-0.05, 0) is 17.0 Å². The van der Waals surface area contributed by atoms with E-state index in [1.165, 1.54) is 11.1 Å². The molecular weight excluding hydrogens is 264 g/mol. The molecule has 0 bridgehead atoms. The number of benzene rings is 2. The highest BCUT2D eigenvalue weighted by Gasteiger charge is 2.14. The van der Waals surface area contributed by atoms with Gasteiger partial charge in [0.15, 0.2) is 0 Å². The van der Waals surface area contributed by atoms with Crippen molar-refractivity contribution in [3.63, 3.8) is 0 Å². The number of ether oxygens (including phenoxy) is 1. The molecule has 2 aromatic carbocycles. The van der Waals surface area contributed by atoms with E-state index in [9.17, 15) is 0 Å². The molecule has 0 aromatic heterocycles. The Morgan fingerprint density at radius 2 is 1.40 bits per heavy atom. The van der Waals surface area contributed by atoms with E-state index in [1.807, 2.05) is 17.8 Å². The molecule has 0 fully saturated rings. The van der Waals surface area contributed by atoms with Crippen LogP contribution in [0.4, 0.5) is 0 Å². The van der Waals surface area contributed by atoms with Crippen molar-refractivity contribution in [3.05, 3.63) is 71.8 Å². The Bertz CT molecular complexity index is 438. The van der Waals surface area contributed by atoms with Crippen molar-refractivity contribution >= 4 is 11.8 Å². The van der Waals surface area contributed by atoms with Crippen molar-refractivity contribution < 1.29 is 4.74 Å². The normalized spacial score (nSPS) is 12.6. The van der Waals surface area contributed by atoms with Crippen LogP contribution in [0.25, 0.3) is 0 Å². The van der Waals surface area contributed by atoms with E-state index in [1.54, 1.807) is 0 Å². The summed E-state index contributed by atoms with van der Waals surface area (Å²) >= 11 is 1.88. The predicted octanol–water partition coefficient (Wildman–Crippen LogP) is 5.12. The zero-order valence-corrected chi connectivity index (χ0v) is 13.0. The molecule has 0 aliphatic heterocycles. The van der Waals surface area contributed by atoms with Crippen LogP contribution in [0, 0.1) is 5.92 Å². The van der Waals surface area contributed by atoms with Crippen LogP contribution in [0.1, 0.15) is 25.0 Å². The van der Waals surface area contributed by atoms with Crippen LogP contribution in [-0.4, -0.2) is 5.44 Å². The molecule has 2 heteroatoms. The highest BCUT2D eigenvalue weighted by atomic mass is 32.2. The van der Waals surface area contributed by atoms with Crippen LogP contribution < -0.4 is 0 Å². The van der Waals surface area contributed by atoms with Gasteiger partial charge in [-0.25, -0.2) is 0 Å². The van der Waals surface area contributed by atoms with Gasteiger partial charge in [0.1, 0.15) is 5.44 Å². The van der Waals surface area contributed by atoms with Gasteiger partial charge < -0.3 is 4.74 Å². The fourth-order valence-electron chi connectivity index (χ4n) is 1.94. The Kier molecular flexibility index (Phi) is 6.16. The Balaban J connectivity index is 1.84. The van der Waals surface area contributed by atoms with Gasteiger partial charge in [0.25, 0.3) is 0 Å². The SMILES string of the molecule is CC(C)C(OCc1ccccc1)SCc1ccccc1. The van der Waals surface area contributed by atoms with Crippen molar-refractivity contribution in [2.24, 2.45) is 5.92 Å². The molecule has 20 heavy (non-hydrogen) atoms. The molecule has 0 saturated carbocycles. The molecule has 1 atom stereocenters. The maximum Gasteiger partial charge on any atom is 0.106 e. The Hall–Kier alpha value is -1.25. The summed E-state index contributed by atoms with van der Waals surface area (Å²) in [5.41, 5.74) is 2.82. The summed E-state index contributed by atoms with van der Waals surface area (Å²) in [5.74, 6) is 1.51. The lowest BCUT2D eigenvalue weighted by molar-refractivity contribution is 0.0710. The third kappa shape index (κ3) is 5.03. The van der Waals surface area contributed by atoms with Gasteiger partial charge in [0, 0.05) is 5.75 Å². The molecule has 0 aliphatic carbocycles. The van der Waals surface area contributed by atoms with E-state index in [4.69, 9.17) is 4.74 Å². The van der Waals surface area contributed by atoms with Gasteiger partial charge in [-0.15, -0.1) is 11.8 Å². The topological polar surface area (TPSA) is 9.23 Å². The van der Waals surface area contributed by atoms with Gasteiger partial charge >= 0.3 is 0 Å². The summed E-state index contributed by atoms with van der Waals surface area (Å²) in [6, 6.07) is 20.9. The molecule has 2 rings (SSSR count). The number of hydrogen-bond donors (Lipinski definition) is 0. The number of hydrogen-bond acceptors (Lipinski definition) is 2. The fraction of sp³-hybridized carbons (Fsp3) is 0.333. The van der Waals surface area contributed by atoms with Crippen molar-refractivity contribution in [3.8, 4) is 0 Å². The maximum atomic E-state index is 6.07. The first-order chi connectivity index (χ1) is 9.75. The van der Waals surface area contributed by atoms with Crippen LogP contribution in [0.2, 0.25) is 0 Å². The van der Waals surface area contributed by atoms with Gasteiger partial charge in [-0.2, -0.15) is 0 Å². The van der Waals surface area contributed by atoms with E-state index in [0.717, 1.165) is 5.75 Å². The van der Waals surface area contributed by atoms with E-state index in [0.29, 0.717) is 12.5 Å². The molecule has 1 unspecified atom stereocenters. The fourth-order valence-corrected chi connectivity index (χ4v) is 3.04. The minimum absolute atomic E-state index is 0.232. The Morgan fingerprint density at radius 3 is 1.95 bits per heavy atom. The molecule has 0 amide bonds. The molecular formula is C18H22OS. The quantitative estimate of drug-likeness (QED) is 0.653. The monoisotopic (exact) mass is 286 g/mol. The lowest BCUT2D eigenvalue weighted by atomic mass is 10.2. The van der Waals surface area contributed by atoms with Gasteiger partial charge in [0.05, 0.1) is 6.61 Å². The summed E-state index contributed by atoms with van der Waals surface area (Å²) in [6.45, 7) is 5.12. The smallest absolute Gasteiger partial charge is 0.106 e. The maximum absolute atomic E-state index is 6.07. The largest absolute Gasteiger partial charge is 0.363 e. The first-order valence-corrected chi connectivity index (χ1v) is 8.11. The van der Waals surface area contributed by atoms with Crippen molar-refractivity contribution in [2.45, 2.75) is 31.6 Å². The third-order valence-electron chi connectivity index (χ3n) is 3.06. The average molecular weight is 286 g/mol. The van der Waals surface area contributed by atoms with Gasteiger partial charge in [-0.3, -0.25) is 0 Å². The molecule has 0 N–H and O–H groups in total. The molecule has 2 aromatic rings. The van der Waals surface area contributed by atoms with Crippen molar-refractivity contribution in [2.75, 3.05) is 0 Å². The highest BCUT2D eigenvalue weighted by Crippen LogP contribution is 2.25. The highest BCUT2D eigenvalue weighted by molar-refractivity contribution is 7.99. The minimum Gasteiger partial charge on any atom is -0.363 e. The van der Waals surface area contributed by atoms with Crippen LogP contribution in [0.5, 0.6) is 0 Å². The second-order valence-corrected chi connectivity index (χ2v) is 6.29. The number of thioether (sulfide) groups is 1. The molecule has 0 spiro atoms. The lowest BCUT2D eigenvalue weighted by Gasteiger charge is -2.21. The van der Waals surface area contributed by atoms with Crippen LogP contribution >= 0.6 is 11.8 Å². The number of rotatable bonds is 7. The predicted molar refractivity (Wildman–Crippen MR) is 87.6 cm³/mol. The van der Waals surface area contributed by atoms with E-state index in [-0.39, 0.29) is 5.44 Å². The van der Waals surface area contributed by atoms with Gasteiger partial charge in [-0.1, -0.05) is 74.5 Å². The van der Waals surface area contributed by atoms with E-state index in [2.05, 4.69) is 68.4 Å². The van der Waals surface area contributed by atoms with Gasteiger partial charge in [0.2, 0.25) is 0 Å². The third-order valence-corrected chi connectivity index (χ3v) is 4.57. The van der Waals surface area contributed by atoms with E-state index >= 15 is 0 Å². The molecule has 0 saturated heterocycles. The average Bonchev–Trinajstić information content (AvgIpc) is 2.49. The zero-order chi connectivity index (χ0) is 14.2. The molecule has 0 aliphatic rings. The van der Waals surface area contributed by atoms with Crippen LogP contribution in [-0.2, 0) is 17.1 Å². The van der Waals surface area contributed by atoms with Crippen molar-refractivity contribution in [1.82, 2.24) is 0 Å². The van der Waals surface area contributed by atoms with Crippen LogP contribution in [0.15, 0.2) is 60.7 Å². The molecule has 0 radical (unpaired) electrons. The summed E-state index contributed by atoms with van der Waals surface area (Å²) in [7, 11) is 0. The van der Waals surface area contributed by atoms with Crippen LogP contribution in [0.3, 0.4) is 0 Å². The first-order valence-electron chi connectivity index (χ1n) is 7.07. The second-order valence-electron chi connectivity index (χ2n) is 5.21.